The van der Waals surface area contributed by atoms with E-state index in [-0.39, 0.29) is 0 Å². The van der Waals surface area contributed by atoms with Crippen LogP contribution in [0.15, 0.2) is 30.6 Å². The normalized spacial score (nSPS) is 10.6. The highest BCUT2D eigenvalue weighted by molar-refractivity contribution is 5.46. The Kier molecular flexibility index (Phi) is 5.51. The molecule has 0 aliphatic rings. The molecule has 5 nitrogen and oxygen atoms in total. The molecule has 0 saturated carbocycles. The predicted octanol–water partition coefficient (Wildman–Crippen LogP) is 2.99. The molecule has 0 fully saturated rings. The van der Waals surface area contributed by atoms with Crippen LogP contribution < -0.4 is 10.5 Å². The van der Waals surface area contributed by atoms with E-state index in [1.807, 2.05) is 24.3 Å². The Hall–Kier alpha value is -2.14. The Morgan fingerprint density at radius 1 is 1.10 bits per heavy atom. The lowest BCUT2D eigenvalue weighted by atomic mass is 10.1. The first-order valence-electron chi connectivity index (χ1n) is 7.09. The monoisotopic (exact) mass is 287 g/mol. The number of methoxy groups -OCH3 is 1. The van der Waals surface area contributed by atoms with Crippen molar-refractivity contribution in [3.63, 3.8) is 0 Å². The van der Waals surface area contributed by atoms with Crippen molar-refractivity contribution in [3.8, 4) is 11.6 Å². The summed E-state index contributed by atoms with van der Waals surface area (Å²) < 4.78 is 10.9. The summed E-state index contributed by atoms with van der Waals surface area (Å²) in [5.41, 5.74) is 7.97. The highest BCUT2D eigenvalue weighted by Gasteiger charge is 2.10. The molecule has 0 aliphatic heterocycles. The third-order valence-corrected chi connectivity index (χ3v) is 3.17. The van der Waals surface area contributed by atoms with Crippen LogP contribution in [0.3, 0.4) is 0 Å². The van der Waals surface area contributed by atoms with Crippen LogP contribution in [0, 0.1) is 0 Å². The minimum absolute atomic E-state index is 0.485. The molecule has 0 unspecified atom stereocenters. The molecule has 1 aromatic heterocycles. The van der Waals surface area contributed by atoms with Gasteiger partial charge >= 0.3 is 0 Å². The van der Waals surface area contributed by atoms with E-state index in [9.17, 15) is 0 Å². The molecule has 21 heavy (non-hydrogen) atoms. The summed E-state index contributed by atoms with van der Waals surface area (Å²) >= 11 is 0. The summed E-state index contributed by atoms with van der Waals surface area (Å²) in [6, 6.07) is 7.91. The number of ether oxygens (including phenoxy) is 2. The van der Waals surface area contributed by atoms with Crippen LogP contribution >= 0.6 is 0 Å². The zero-order valence-corrected chi connectivity index (χ0v) is 12.5. The van der Waals surface area contributed by atoms with E-state index in [2.05, 4.69) is 16.9 Å². The smallest absolute Gasteiger partial charge is 0.227 e. The summed E-state index contributed by atoms with van der Waals surface area (Å²) in [5.74, 6) is 1.76. The van der Waals surface area contributed by atoms with Crippen LogP contribution in [0.1, 0.15) is 24.5 Å². The first kappa shape index (κ1) is 15.3. The molecular formula is C16H21N3O2. The second-order valence-corrected chi connectivity index (χ2v) is 4.78. The van der Waals surface area contributed by atoms with Crippen molar-refractivity contribution in [3.05, 3.63) is 41.7 Å². The molecule has 2 aromatic rings. The average molecular weight is 287 g/mol. The van der Waals surface area contributed by atoms with Gasteiger partial charge in [-0.05, 0) is 30.5 Å². The number of aromatic nitrogens is 2. The minimum atomic E-state index is 0.485. The number of nitrogen functional groups attached to an aromatic ring is 1. The Bertz CT molecular complexity index is 570. The maximum absolute atomic E-state index is 5.90. The van der Waals surface area contributed by atoms with Crippen molar-refractivity contribution in [2.24, 2.45) is 0 Å². The summed E-state index contributed by atoms with van der Waals surface area (Å²) in [6.45, 7) is 2.80. The van der Waals surface area contributed by atoms with E-state index < -0.39 is 0 Å². The van der Waals surface area contributed by atoms with Crippen LogP contribution in [0.2, 0.25) is 0 Å². The molecule has 1 heterocycles. The number of anilines is 1. The number of nitrogens with two attached hydrogens (primary N) is 1. The first-order valence-corrected chi connectivity index (χ1v) is 7.09. The Morgan fingerprint density at radius 2 is 1.86 bits per heavy atom. The summed E-state index contributed by atoms with van der Waals surface area (Å²) in [4.78, 5) is 8.21. The maximum atomic E-state index is 5.90. The van der Waals surface area contributed by atoms with Gasteiger partial charge in [0.1, 0.15) is 17.9 Å². The fourth-order valence-electron chi connectivity index (χ4n) is 2.04. The predicted molar refractivity (Wildman–Crippen MR) is 82.5 cm³/mol. The second-order valence-electron chi connectivity index (χ2n) is 4.78. The number of benzene rings is 1. The molecule has 2 N–H and O–H groups in total. The van der Waals surface area contributed by atoms with Gasteiger partial charge in [-0.2, -0.15) is 0 Å². The number of nitrogens with zero attached hydrogens (tertiary/aromatic N) is 2. The van der Waals surface area contributed by atoms with E-state index in [4.69, 9.17) is 15.2 Å². The van der Waals surface area contributed by atoms with Crippen molar-refractivity contribution in [2.75, 3.05) is 19.5 Å². The van der Waals surface area contributed by atoms with Crippen molar-refractivity contribution in [1.82, 2.24) is 9.97 Å². The van der Waals surface area contributed by atoms with E-state index in [1.165, 1.54) is 11.9 Å². The van der Waals surface area contributed by atoms with Gasteiger partial charge in [-0.3, -0.25) is 0 Å². The molecule has 112 valence electrons. The minimum Gasteiger partial charge on any atom is -0.439 e. The van der Waals surface area contributed by atoms with E-state index in [1.54, 1.807) is 7.11 Å². The van der Waals surface area contributed by atoms with Gasteiger partial charge < -0.3 is 15.2 Å². The summed E-state index contributed by atoms with van der Waals surface area (Å²) in [7, 11) is 1.70. The zero-order chi connectivity index (χ0) is 15.1. The van der Waals surface area contributed by atoms with Crippen LogP contribution in [0.4, 0.5) is 5.82 Å². The van der Waals surface area contributed by atoms with Crippen molar-refractivity contribution < 1.29 is 9.47 Å². The topological polar surface area (TPSA) is 70.3 Å². The Labute approximate surface area is 125 Å². The molecule has 0 saturated heterocycles. The van der Waals surface area contributed by atoms with Gasteiger partial charge in [-0.25, -0.2) is 9.97 Å². The van der Waals surface area contributed by atoms with Gasteiger partial charge in [-0.15, -0.1) is 0 Å². The van der Waals surface area contributed by atoms with Crippen LogP contribution in [-0.2, 0) is 17.6 Å². The molecular weight excluding hydrogens is 266 g/mol. The second kappa shape index (κ2) is 7.59. The lowest BCUT2D eigenvalue weighted by Crippen LogP contribution is -2.02. The van der Waals surface area contributed by atoms with Crippen LogP contribution in [-0.4, -0.2) is 23.7 Å². The van der Waals surface area contributed by atoms with E-state index >= 15 is 0 Å². The van der Waals surface area contributed by atoms with Gasteiger partial charge in [0.05, 0.1) is 12.2 Å². The Morgan fingerprint density at radius 3 is 2.52 bits per heavy atom. The molecule has 0 atom stereocenters. The fraction of sp³-hybridized carbons (Fsp3) is 0.375. The SMILES string of the molecule is CCCc1c(N)ncnc1Oc1ccc(CCOC)cc1. The molecule has 2 rings (SSSR count). The lowest BCUT2D eigenvalue weighted by molar-refractivity contribution is 0.202. The van der Waals surface area contributed by atoms with Crippen molar-refractivity contribution in [1.29, 1.82) is 0 Å². The fourth-order valence-corrected chi connectivity index (χ4v) is 2.04. The third-order valence-electron chi connectivity index (χ3n) is 3.17. The number of hydrogen-bond donors (Lipinski definition) is 1. The molecule has 0 amide bonds. The van der Waals surface area contributed by atoms with Gasteiger partial charge in [-0.1, -0.05) is 25.5 Å². The highest BCUT2D eigenvalue weighted by atomic mass is 16.5. The zero-order valence-electron chi connectivity index (χ0n) is 12.5. The van der Waals surface area contributed by atoms with E-state index in [0.29, 0.717) is 18.3 Å². The molecule has 0 bridgehead atoms. The quantitative estimate of drug-likeness (QED) is 0.847. The van der Waals surface area contributed by atoms with Crippen LogP contribution in [0.25, 0.3) is 0 Å². The third kappa shape index (κ3) is 4.16. The maximum Gasteiger partial charge on any atom is 0.227 e. The van der Waals surface area contributed by atoms with Gasteiger partial charge in [0.15, 0.2) is 0 Å². The first-order chi connectivity index (χ1) is 10.2. The molecule has 1 aromatic carbocycles. The molecule has 0 spiro atoms. The Balaban J connectivity index is 2.12. The standard InChI is InChI=1S/C16H21N3O2/c1-3-4-14-15(17)18-11-19-16(14)21-13-7-5-12(6-8-13)9-10-20-2/h5-8,11H,3-4,9-10H2,1-2H3,(H2,17,18,19). The molecule has 0 radical (unpaired) electrons. The van der Waals surface area contributed by atoms with Crippen molar-refractivity contribution in [2.45, 2.75) is 26.2 Å². The largest absolute Gasteiger partial charge is 0.439 e. The van der Waals surface area contributed by atoms with Crippen LogP contribution in [0.5, 0.6) is 11.6 Å². The summed E-state index contributed by atoms with van der Waals surface area (Å²) in [5, 5.41) is 0. The summed E-state index contributed by atoms with van der Waals surface area (Å²) in [6.07, 6.45) is 4.08. The molecule has 0 aliphatic carbocycles. The number of rotatable bonds is 7. The lowest BCUT2D eigenvalue weighted by Gasteiger charge is -2.11. The highest BCUT2D eigenvalue weighted by Crippen LogP contribution is 2.26. The van der Waals surface area contributed by atoms with Crippen molar-refractivity contribution >= 4 is 5.82 Å². The number of hydrogen-bond acceptors (Lipinski definition) is 5. The van der Waals surface area contributed by atoms with Gasteiger partial charge in [0.2, 0.25) is 5.88 Å². The molecule has 5 heteroatoms. The average Bonchev–Trinajstić information content (AvgIpc) is 2.50. The van der Waals surface area contributed by atoms with Gasteiger partial charge in [0.25, 0.3) is 0 Å². The van der Waals surface area contributed by atoms with E-state index in [0.717, 1.165) is 30.6 Å². The van der Waals surface area contributed by atoms with Gasteiger partial charge in [0, 0.05) is 7.11 Å².